The quantitative estimate of drug-likeness (QED) is 0.0764. The molecule has 4 unspecified atom stereocenters. The molecule has 0 aromatic rings. The number of unbranched alkanes of at least 4 members (excludes halogenated alkanes) is 4. The van der Waals surface area contributed by atoms with E-state index in [2.05, 4.69) is 55.4 Å². The fraction of sp³-hybridized carbons (Fsp3) is 1.00. The zero-order valence-electron chi connectivity index (χ0n) is 26.6. The van der Waals surface area contributed by atoms with Crippen molar-refractivity contribution >= 4 is 0 Å². The van der Waals surface area contributed by atoms with Gasteiger partial charge in [-0.3, -0.25) is 0 Å². The van der Waals surface area contributed by atoms with E-state index < -0.39 is 21.7 Å². The summed E-state index contributed by atoms with van der Waals surface area (Å²) in [6.45, 7) is 21.2. The summed E-state index contributed by atoms with van der Waals surface area (Å²) in [5.74, 6) is 2.23. The van der Waals surface area contributed by atoms with E-state index >= 15 is 0 Å². The third-order valence-electron chi connectivity index (χ3n) is 8.16. The van der Waals surface area contributed by atoms with E-state index in [1.165, 1.54) is 77.0 Å². The minimum atomic E-state index is -4.40. The average Bonchev–Trinajstić information content (AvgIpc) is 2.93. The summed E-state index contributed by atoms with van der Waals surface area (Å²) in [6.07, 6.45) is 19.4. The summed E-state index contributed by atoms with van der Waals surface area (Å²) in [6, 6.07) is 0. The Labute approximate surface area is 240 Å². The Bertz CT molecular complexity index is 390. The topological polar surface area (TPSA) is 36.9 Å². The molecule has 0 heterocycles. The Morgan fingerprint density at radius 1 is 0.378 bits per heavy atom. The van der Waals surface area contributed by atoms with Crippen molar-refractivity contribution in [2.45, 2.75) is 158 Å². The molecule has 4 atom stereocenters. The van der Waals surface area contributed by atoms with E-state index in [0.29, 0.717) is 23.7 Å². The molecule has 0 aromatic carbocycles. The van der Waals surface area contributed by atoms with Crippen LogP contribution in [0.3, 0.4) is 0 Å². The zero-order chi connectivity index (χ0) is 27.8. The van der Waals surface area contributed by atoms with Gasteiger partial charge < -0.3 is 0 Å². The molecular formula is C32H68HfO4. The molecule has 0 radical (unpaired) electrons. The van der Waals surface area contributed by atoms with Crippen LogP contribution in [0.1, 0.15) is 158 Å². The van der Waals surface area contributed by atoms with Gasteiger partial charge in [0, 0.05) is 0 Å². The molecule has 0 saturated carbocycles. The van der Waals surface area contributed by atoms with Crippen LogP contribution in [0.4, 0.5) is 0 Å². The molecule has 4 nitrogen and oxygen atoms in total. The van der Waals surface area contributed by atoms with Crippen molar-refractivity contribution in [2.24, 2.45) is 23.7 Å². The van der Waals surface area contributed by atoms with Crippen LogP contribution >= 0.6 is 0 Å². The van der Waals surface area contributed by atoms with Gasteiger partial charge in [0.1, 0.15) is 0 Å². The molecule has 0 spiro atoms. The van der Waals surface area contributed by atoms with Gasteiger partial charge in [-0.25, -0.2) is 0 Å². The molecule has 224 valence electrons. The summed E-state index contributed by atoms with van der Waals surface area (Å²) >= 11 is -4.40. The van der Waals surface area contributed by atoms with Gasteiger partial charge in [-0.2, -0.15) is 0 Å². The molecule has 0 aromatic heterocycles. The second kappa shape index (κ2) is 25.7. The number of hydrogen-bond donors (Lipinski definition) is 0. The second-order valence-corrected chi connectivity index (χ2v) is 19.2. The summed E-state index contributed by atoms with van der Waals surface area (Å²) in [5.41, 5.74) is 0. The van der Waals surface area contributed by atoms with Gasteiger partial charge in [-0.05, 0) is 0 Å². The number of hydrogen-bond acceptors (Lipinski definition) is 4. The van der Waals surface area contributed by atoms with Gasteiger partial charge in [0.2, 0.25) is 0 Å². The molecule has 5 heteroatoms. The van der Waals surface area contributed by atoms with Crippen LogP contribution in [0, 0.1) is 23.7 Å². The molecule has 0 aliphatic carbocycles. The Morgan fingerprint density at radius 3 is 0.757 bits per heavy atom. The van der Waals surface area contributed by atoms with Crippen LogP contribution in [-0.2, 0) is 33.1 Å². The van der Waals surface area contributed by atoms with Crippen LogP contribution in [0.15, 0.2) is 0 Å². The van der Waals surface area contributed by atoms with Crippen molar-refractivity contribution in [3.8, 4) is 0 Å². The summed E-state index contributed by atoms with van der Waals surface area (Å²) in [7, 11) is 0. The van der Waals surface area contributed by atoms with Crippen molar-refractivity contribution in [2.75, 3.05) is 26.4 Å². The fourth-order valence-electron chi connectivity index (χ4n) is 4.72. The van der Waals surface area contributed by atoms with Crippen LogP contribution in [0.5, 0.6) is 0 Å². The minimum absolute atomic E-state index is 0.557. The molecule has 0 amide bonds. The Morgan fingerprint density at radius 2 is 0.595 bits per heavy atom. The van der Waals surface area contributed by atoms with Crippen LogP contribution in [0.2, 0.25) is 0 Å². The van der Waals surface area contributed by atoms with Gasteiger partial charge in [-0.15, -0.1) is 0 Å². The van der Waals surface area contributed by atoms with E-state index in [1.54, 1.807) is 0 Å². The first-order valence-corrected chi connectivity index (χ1v) is 22.4. The maximum absolute atomic E-state index is 6.83. The number of rotatable bonds is 28. The molecule has 0 saturated heterocycles. The first-order chi connectivity index (χ1) is 18.0. The SMILES string of the molecule is CCCCC(CC)C[O][Hf]([O]CC(CC)CCCC)([O]CC(CC)CCCC)[O]CC(CC)CCCC. The maximum atomic E-state index is 6.83. The third-order valence-corrected chi connectivity index (χ3v) is 15.6. The first-order valence-electron chi connectivity index (χ1n) is 16.5. The van der Waals surface area contributed by atoms with Crippen LogP contribution in [0.25, 0.3) is 0 Å². The fourth-order valence-corrected chi connectivity index (χ4v) is 12.8. The van der Waals surface area contributed by atoms with E-state index in [4.69, 9.17) is 11.4 Å². The predicted octanol–water partition coefficient (Wildman–Crippen LogP) is 10.7. The molecule has 0 aliphatic heterocycles. The zero-order valence-corrected chi connectivity index (χ0v) is 30.2. The average molecular weight is 695 g/mol. The Kier molecular flexibility index (Phi) is 26.2. The van der Waals surface area contributed by atoms with Crippen molar-refractivity contribution in [1.82, 2.24) is 0 Å². The standard InChI is InChI=1S/4C8H17O.Hf/c4*1-3-5-6-8(4-2)7-9;/h4*8H,3-7H2,1-2H3;/q4*-1;+4. The normalized spacial score (nSPS) is 16.9. The molecule has 0 aliphatic rings. The van der Waals surface area contributed by atoms with Crippen molar-refractivity contribution in [1.29, 1.82) is 0 Å². The molecule has 0 N–H and O–H groups in total. The molecule has 37 heavy (non-hydrogen) atoms. The van der Waals surface area contributed by atoms with Crippen molar-refractivity contribution < 1.29 is 33.1 Å². The van der Waals surface area contributed by atoms with E-state index in [1.807, 2.05) is 0 Å². The van der Waals surface area contributed by atoms with Crippen LogP contribution < -0.4 is 0 Å². The monoisotopic (exact) mass is 696 g/mol. The van der Waals surface area contributed by atoms with Gasteiger partial charge in [0.25, 0.3) is 0 Å². The summed E-state index contributed by atoms with van der Waals surface area (Å²) in [4.78, 5) is 0. The molecule has 0 fully saturated rings. The van der Waals surface area contributed by atoms with Gasteiger partial charge >= 0.3 is 241 Å². The van der Waals surface area contributed by atoms with Gasteiger partial charge in [0.15, 0.2) is 0 Å². The van der Waals surface area contributed by atoms with Crippen molar-refractivity contribution in [3.05, 3.63) is 0 Å². The molecule has 0 bridgehead atoms. The first kappa shape index (κ1) is 37.7. The van der Waals surface area contributed by atoms with E-state index in [9.17, 15) is 0 Å². The van der Waals surface area contributed by atoms with E-state index in [0.717, 1.165) is 52.1 Å². The summed E-state index contributed by atoms with van der Waals surface area (Å²) < 4.78 is 27.3. The molecule has 0 rings (SSSR count). The third kappa shape index (κ3) is 18.6. The Balaban J connectivity index is 5.79. The second-order valence-electron chi connectivity index (χ2n) is 11.4. The van der Waals surface area contributed by atoms with Gasteiger partial charge in [0.05, 0.1) is 0 Å². The predicted molar refractivity (Wildman–Crippen MR) is 157 cm³/mol. The van der Waals surface area contributed by atoms with Crippen LogP contribution in [-0.4, -0.2) is 26.4 Å². The molecular weight excluding hydrogens is 627 g/mol. The summed E-state index contributed by atoms with van der Waals surface area (Å²) in [5, 5.41) is 0. The van der Waals surface area contributed by atoms with E-state index in [-0.39, 0.29) is 0 Å². The van der Waals surface area contributed by atoms with Gasteiger partial charge in [-0.1, -0.05) is 0 Å². The Hall–Kier alpha value is 0.710. The van der Waals surface area contributed by atoms with Crippen molar-refractivity contribution in [3.63, 3.8) is 0 Å².